The van der Waals surface area contributed by atoms with Crippen LogP contribution in [0, 0.1) is 0 Å². The fourth-order valence-electron chi connectivity index (χ4n) is 1.04. The minimum absolute atomic E-state index is 0.990. The molecule has 2 aliphatic rings. The number of dihydropyridines is 1. The van der Waals surface area contributed by atoms with E-state index >= 15 is 0 Å². The van der Waals surface area contributed by atoms with Crippen LogP contribution in [-0.2, 0) is 0 Å². The first-order valence-corrected chi connectivity index (χ1v) is 7.37. The molecule has 0 aromatic rings. The zero-order chi connectivity index (χ0) is 6.97. The van der Waals surface area contributed by atoms with Gasteiger partial charge in [0, 0.05) is 0 Å². The molecule has 0 amide bonds. The maximum atomic E-state index is 4.42. The van der Waals surface area contributed by atoms with Gasteiger partial charge in [-0.1, -0.05) is 0 Å². The van der Waals surface area contributed by atoms with E-state index in [4.69, 9.17) is 0 Å². The maximum absolute atomic E-state index is 4.42. The second-order valence-corrected chi connectivity index (χ2v) is 6.38. The molecular formula is C7H9IN2. The second-order valence-electron chi connectivity index (χ2n) is 2.22. The molecule has 0 saturated carbocycles. The van der Waals surface area contributed by atoms with Gasteiger partial charge >= 0.3 is 67.7 Å². The number of nitrogens with one attached hydrogen (secondary N) is 1. The van der Waals surface area contributed by atoms with Crippen LogP contribution in [0.2, 0.25) is 0 Å². The van der Waals surface area contributed by atoms with Crippen LogP contribution in [-0.4, -0.2) is 17.7 Å². The SMILES string of the molecule is CI1N=CC2=C1NCC=C2. The second kappa shape index (κ2) is 2.38. The number of halogens is 1. The van der Waals surface area contributed by atoms with E-state index in [1.54, 1.807) is 0 Å². The van der Waals surface area contributed by atoms with E-state index in [0.29, 0.717) is 0 Å². The van der Waals surface area contributed by atoms with Crippen LogP contribution in [0.3, 0.4) is 0 Å². The molecule has 0 aliphatic carbocycles. The van der Waals surface area contributed by atoms with Crippen LogP contribution in [0.25, 0.3) is 0 Å². The summed E-state index contributed by atoms with van der Waals surface area (Å²) in [4.78, 5) is 2.26. The molecule has 0 bridgehead atoms. The van der Waals surface area contributed by atoms with Crippen molar-refractivity contribution in [1.29, 1.82) is 0 Å². The predicted molar refractivity (Wildman–Crippen MR) is 52.6 cm³/mol. The number of hydrogen-bond acceptors (Lipinski definition) is 2. The summed E-state index contributed by atoms with van der Waals surface area (Å²) in [6.07, 6.45) is 6.30. The van der Waals surface area contributed by atoms with Crippen molar-refractivity contribution in [1.82, 2.24) is 5.32 Å². The van der Waals surface area contributed by atoms with Crippen molar-refractivity contribution >= 4 is 26.3 Å². The van der Waals surface area contributed by atoms with Crippen molar-refractivity contribution in [2.75, 3.05) is 11.5 Å². The van der Waals surface area contributed by atoms with Gasteiger partial charge in [0.1, 0.15) is 0 Å². The predicted octanol–water partition coefficient (Wildman–Crippen LogP) is 1.49. The zero-order valence-electron chi connectivity index (χ0n) is 5.76. The van der Waals surface area contributed by atoms with Gasteiger partial charge in [0.05, 0.1) is 0 Å². The van der Waals surface area contributed by atoms with Crippen LogP contribution in [0.1, 0.15) is 0 Å². The van der Waals surface area contributed by atoms with Gasteiger partial charge in [0.15, 0.2) is 0 Å². The summed E-state index contributed by atoms with van der Waals surface area (Å²) < 4.78 is 5.86. The van der Waals surface area contributed by atoms with E-state index in [0.717, 1.165) is 6.54 Å². The first-order chi connectivity index (χ1) is 4.88. The molecule has 0 spiro atoms. The zero-order valence-corrected chi connectivity index (χ0v) is 7.92. The summed E-state index contributed by atoms with van der Waals surface area (Å²) in [5.74, 6) is 0. The molecule has 2 aliphatic heterocycles. The Morgan fingerprint density at radius 3 is 3.40 bits per heavy atom. The van der Waals surface area contributed by atoms with Crippen molar-refractivity contribution < 1.29 is 0 Å². The summed E-state index contributed by atoms with van der Waals surface area (Å²) in [5, 5.41) is 3.37. The first kappa shape index (κ1) is 6.39. The Hall–Kier alpha value is -0.320. The van der Waals surface area contributed by atoms with Crippen LogP contribution < -0.4 is 5.32 Å². The Kier molecular flexibility index (Phi) is 1.52. The molecule has 2 heterocycles. The van der Waals surface area contributed by atoms with Crippen LogP contribution in [0.5, 0.6) is 0 Å². The summed E-state index contributed by atoms with van der Waals surface area (Å²) >= 11 is -1.06. The molecule has 2 rings (SSSR count). The minimum atomic E-state index is -1.06. The molecule has 0 aromatic carbocycles. The molecule has 0 radical (unpaired) electrons. The van der Waals surface area contributed by atoms with Crippen LogP contribution in [0.15, 0.2) is 24.6 Å². The Bertz CT molecular complexity index is 230. The third-order valence-electron chi connectivity index (χ3n) is 1.53. The molecule has 1 N–H and O–H groups in total. The van der Waals surface area contributed by atoms with E-state index in [9.17, 15) is 0 Å². The molecule has 54 valence electrons. The Morgan fingerprint density at radius 2 is 2.60 bits per heavy atom. The molecule has 3 heteroatoms. The summed E-state index contributed by atoms with van der Waals surface area (Å²) in [5.41, 5.74) is 1.32. The Morgan fingerprint density at radius 1 is 1.70 bits per heavy atom. The van der Waals surface area contributed by atoms with E-state index in [1.807, 2.05) is 6.21 Å². The average Bonchev–Trinajstić information content (AvgIpc) is 2.34. The number of hydrogen-bond donors (Lipinski definition) is 1. The van der Waals surface area contributed by atoms with Gasteiger partial charge in [-0.25, -0.2) is 0 Å². The van der Waals surface area contributed by atoms with Crippen molar-refractivity contribution in [3.05, 3.63) is 21.4 Å². The molecule has 10 heavy (non-hydrogen) atoms. The third-order valence-corrected chi connectivity index (χ3v) is 5.21. The van der Waals surface area contributed by atoms with Gasteiger partial charge in [-0.05, 0) is 0 Å². The van der Waals surface area contributed by atoms with Crippen molar-refractivity contribution in [3.63, 3.8) is 0 Å². The third kappa shape index (κ3) is 0.885. The van der Waals surface area contributed by atoms with Crippen molar-refractivity contribution in [2.24, 2.45) is 3.21 Å². The Balaban J connectivity index is 2.36. The number of rotatable bonds is 0. The molecule has 0 saturated heterocycles. The summed E-state index contributed by atoms with van der Waals surface area (Å²) in [6, 6.07) is 0. The van der Waals surface area contributed by atoms with E-state index < -0.39 is 20.1 Å². The monoisotopic (exact) mass is 248 g/mol. The van der Waals surface area contributed by atoms with Crippen molar-refractivity contribution in [3.8, 4) is 0 Å². The van der Waals surface area contributed by atoms with E-state index in [2.05, 4.69) is 25.6 Å². The quantitative estimate of drug-likeness (QED) is 0.392. The molecule has 0 fully saturated rings. The number of nitrogens with zero attached hydrogens (tertiary/aromatic N) is 1. The van der Waals surface area contributed by atoms with Gasteiger partial charge < -0.3 is 0 Å². The average molecular weight is 248 g/mol. The molecule has 0 atom stereocenters. The summed E-state index contributed by atoms with van der Waals surface area (Å²) in [6.45, 7) is 0.990. The topological polar surface area (TPSA) is 24.4 Å². The van der Waals surface area contributed by atoms with E-state index in [1.165, 1.54) is 9.28 Å². The van der Waals surface area contributed by atoms with Gasteiger partial charge in [0.25, 0.3) is 0 Å². The van der Waals surface area contributed by atoms with E-state index in [-0.39, 0.29) is 0 Å². The fraction of sp³-hybridized carbons (Fsp3) is 0.286. The van der Waals surface area contributed by atoms with Gasteiger partial charge in [0.2, 0.25) is 0 Å². The van der Waals surface area contributed by atoms with Crippen LogP contribution >= 0.6 is 20.1 Å². The standard InChI is InChI=1S/C7H9IN2/c1-8-7-6(5-10-8)3-2-4-9-7/h2-3,5,9H,4H2,1H3. The molecular weight excluding hydrogens is 239 g/mol. The van der Waals surface area contributed by atoms with Crippen LogP contribution in [0.4, 0.5) is 0 Å². The Labute approximate surface area is 67.8 Å². The fourth-order valence-corrected chi connectivity index (χ4v) is 4.03. The van der Waals surface area contributed by atoms with Gasteiger partial charge in [-0.2, -0.15) is 0 Å². The van der Waals surface area contributed by atoms with Crippen molar-refractivity contribution in [2.45, 2.75) is 0 Å². The number of alkyl halides is 1. The van der Waals surface area contributed by atoms with Gasteiger partial charge in [-0.3, -0.25) is 0 Å². The molecule has 2 nitrogen and oxygen atoms in total. The van der Waals surface area contributed by atoms with Gasteiger partial charge in [-0.15, -0.1) is 0 Å². The first-order valence-electron chi connectivity index (χ1n) is 3.17. The molecule has 0 aromatic heterocycles. The molecule has 0 unspecified atom stereocenters. The summed E-state index contributed by atoms with van der Waals surface area (Å²) in [7, 11) is 0. The number of allylic oxidation sites excluding steroid dienone is 2. The normalized spacial score (nSPS) is 25.1.